The van der Waals surface area contributed by atoms with E-state index < -0.39 is 6.10 Å². The molecule has 0 aromatic carbocycles. The van der Waals surface area contributed by atoms with Crippen LogP contribution in [0.4, 0.5) is 0 Å². The molecule has 3 rings (SSSR count). The summed E-state index contributed by atoms with van der Waals surface area (Å²) in [6, 6.07) is -0.264. The molecule has 8 nitrogen and oxygen atoms in total. The first-order valence-corrected chi connectivity index (χ1v) is 8.58. The van der Waals surface area contributed by atoms with Gasteiger partial charge in [-0.3, -0.25) is 9.48 Å². The van der Waals surface area contributed by atoms with Gasteiger partial charge in [-0.1, -0.05) is 11.6 Å². The van der Waals surface area contributed by atoms with Crippen molar-refractivity contribution in [3.63, 3.8) is 0 Å². The van der Waals surface area contributed by atoms with Gasteiger partial charge in [-0.25, -0.2) is 4.98 Å². The van der Waals surface area contributed by atoms with Gasteiger partial charge in [0.2, 0.25) is 5.91 Å². The number of nitrogens with zero attached hydrogens (tertiary/aromatic N) is 4. The zero-order chi connectivity index (χ0) is 17.8. The highest BCUT2D eigenvalue weighted by Crippen LogP contribution is 2.27. The second-order valence-corrected chi connectivity index (χ2v) is 6.84. The lowest BCUT2D eigenvalue weighted by Gasteiger charge is -2.16. The van der Waals surface area contributed by atoms with E-state index in [4.69, 9.17) is 16.3 Å². The largest absolute Gasteiger partial charge is 0.391 e. The van der Waals surface area contributed by atoms with Crippen molar-refractivity contribution in [2.75, 3.05) is 6.61 Å². The predicted molar refractivity (Wildman–Crippen MR) is 90.8 cm³/mol. The molecule has 2 aromatic heterocycles. The number of amides is 1. The third-order valence-electron chi connectivity index (χ3n) is 4.41. The van der Waals surface area contributed by atoms with Crippen molar-refractivity contribution < 1.29 is 14.6 Å². The summed E-state index contributed by atoms with van der Waals surface area (Å²) < 4.78 is 8.99. The first-order chi connectivity index (χ1) is 12.0. The van der Waals surface area contributed by atoms with Crippen LogP contribution in [0.5, 0.6) is 0 Å². The Morgan fingerprint density at radius 1 is 1.52 bits per heavy atom. The molecule has 2 aromatic rings. The molecule has 1 aliphatic rings. The average Bonchev–Trinajstić information content (AvgIpc) is 3.23. The molecule has 0 radical (unpaired) electrons. The van der Waals surface area contributed by atoms with E-state index in [2.05, 4.69) is 15.4 Å². The van der Waals surface area contributed by atoms with E-state index in [0.717, 1.165) is 5.82 Å². The number of nitrogens with one attached hydrogen (secondary N) is 1. The molecule has 2 heterocycles. The quantitative estimate of drug-likeness (QED) is 0.752. The number of aliphatic hydroxyl groups excluding tert-OH is 1. The Morgan fingerprint density at radius 3 is 3.04 bits per heavy atom. The lowest BCUT2D eigenvalue weighted by atomic mass is 10.1. The Labute approximate surface area is 150 Å². The van der Waals surface area contributed by atoms with Crippen molar-refractivity contribution in [2.24, 2.45) is 13.0 Å². The number of imidazole rings is 1. The second kappa shape index (κ2) is 7.99. The molecular formula is C16H22ClN5O3. The Kier molecular flexibility index (Phi) is 5.72. The first-order valence-electron chi connectivity index (χ1n) is 8.20. The molecule has 1 unspecified atom stereocenters. The maximum atomic E-state index is 12.0. The van der Waals surface area contributed by atoms with Crippen molar-refractivity contribution in [2.45, 2.75) is 38.1 Å². The monoisotopic (exact) mass is 367 g/mol. The summed E-state index contributed by atoms with van der Waals surface area (Å²) in [7, 11) is 1.87. The van der Waals surface area contributed by atoms with E-state index >= 15 is 0 Å². The standard InChI is InChI=1S/C16H22ClN5O3/c1-21-3-2-18-15(21)9-25-10-16(24)20-13-4-11(5-14(13)23)7-22-8-12(17)6-19-22/h2-3,6,8,11,13-14,23H,4-5,7,9-10H2,1H3,(H,20,24)/t11?,13-,14-/m1/s1. The molecule has 9 heteroatoms. The fourth-order valence-electron chi connectivity index (χ4n) is 3.14. The van der Waals surface area contributed by atoms with Crippen molar-refractivity contribution in [1.29, 1.82) is 0 Å². The second-order valence-electron chi connectivity index (χ2n) is 6.41. The molecular weight excluding hydrogens is 346 g/mol. The summed E-state index contributed by atoms with van der Waals surface area (Å²) in [5.74, 6) is 0.762. The fourth-order valence-corrected chi connectivity index (χ4v) is 3.30. The average molecular weight is 368 g/mol. The van der Waals surface area contributed by atoms with Gasteiger partial charge in [0.1, 0.15) is 19.0 Å². The minimum atomic E-state index is -0.561. The van der Waals surface area contributed by atoms with Gasteiger partial charge in [0.15, 0.2) is 0 Å². The number of rotatable bonds is 7. The lowest BCUT2D eigenvalue weighted by Crippen LogP contribution is -2.41. The number of hydrogen-bond acceptors (Lipinski definition) is 5. The minimum absolute atomic E-state index is 0.0600. The van der Waals surface area contributed by atoms with E-state index in [9.17, 15) is 9.90 Å². The molecule has 3 atom stereocenters. The Bertz CT molecular complexity index is 716. The van der Waals surface area contributed by atoms with Crippen LogP contribution < -0.4 is 5.32 Å². The highest BCUT2D eigenvalue weighted by atomic mass is 35.5. The molecule has 1 fully saturated rings. The Morgan fingerprint density at radius 2 is 2.36 bits per heavy atom. The van der Waals surface area contributed by atoms with Crippen LogP contribution in [0.15, 0.2) is 24.8 Å². The van der Waals surface area contributed by atoms with Gasteiger partial charge in [-0.2, -0.15) is 5.10 Å². The van der Waals surface area contributed by atoms with Gasteiger partial charge >= 0.3 is 0 Å². The maximum absolute atomic E-state index is 12.0. The van der Waals surface area contributed by atoms with Crippen molar-refractivity contribution in [1.82, 2.24) is 24.6 Å². The van der Waals surface area contributed by atoms with Crippen LogP contribution in [0.2, 0.25) is 5.02 Å². The predicted octanol–water partition coefficient (Wildman–Crippen LogP) is 0.742. The minimum Gasteiger partial charge on any atom is -0.391 e. The fraction of sp³-hybridized carbons (Fsp3) is 0.562. The number of ether oxygens (including phenoxy) is 1. The van der Waals surface area contributed by atoms with Crippen LogP contribution in [-0.2, 0) is 29.7 Å². The molecule has 0 aliphatic heterocycles. The number of aliphatic hydroxyl groups is 1. The van der Waals surface area contributed by atoms with E-state index in [1.807, 2.05) is 17.8 Å². The topological polar surface area (TPSA) is 94.2 Å². The van der Waals surface area contributed by atoms with Gasteiger partial charge in [0, 0.05) is 32.2 Å². The highest BCUT2D eigenvalue weighted by molar-refractivity contribution is 6.30. The van der Waals surface area contributed by atoms with Crippen molar-refractivity contribution in [3.05, 3.63) is 35.6 Å². The van der Waals surface area contributed by atoms with Crippen LogP contribution in [0.25, 0.3) is 0 Å². The Balaban J connectivity index is 1.41. The van der Waals surface area contributed by atoms with Crippen LogP contribution in [0, 0.1) is 5.92 Å². The molecule has 136 valence electrons. The number of carbonyl (C=O) groups excluding carboxylic acids is 1. The van der Waals surface area contributed by atoms with Crippen LogP contribution in [-0.4, -0.2) is 49.1 Å². The third kappa shape index (κ3) is 4.81. The van der Waals surface area contributed by atoms with Gasteiger partial charge in [-0.15, -0.1) is 0 Å². The number of aryl methyl sites for hydroxylation is 1. The first kappa shape index (κ1) is 17.9. The molecule has 2 N–H and O–H groups in total. The molecule has 0 spiro atoms. The van der Waals surface area contributed by atoms with Gasteiger partial charge in [0.25, 0.3) is 0 Å². The van der Waals surface area contributed by atoms with Gasteiger partial charge in [-0.05, 0) is 18.8 Å². The number of aromatic nitrogens is 4. The summed E-state index contributed by atoms with van der Waals surface area (Å²) in [6.07, 6.45) is 7.60. The zero-order valence-corrected chi connectivity index (χ0v) is 14.8. The van der Waals surface area contributed by atoms with E-state index in [1.54, 1.807) is 23.3 Å². The maximum Gasteiger partial charge on any atom is 0.246 e. The molecule has 25 heavy (non-hydrogen) atoms. The molecule has 0 saturated heterocycles. The van der Waals surface area contributed by atoms with Crippen LogP contribution >= 0.6 is 11.6 Å². The summed E-state index contributed by atoms with van der Waals surface area (Å²) in [5, 5.41) is 17.8. The summed E-state index contributed by atoms with van der Waals surface area (Å²) in [6.45, 7) is 0.883. The smallest absolute Gasteiger partial charge is 0.246 e. The van der Waals surface area contributed by atoms with Gasteiger partial charge < -0.3 is 19.7 Å². The van der Waals surface area contributed by atoms with Crippen molar-refractivity contribution in [3.8, 4) is 0 Å². The summed E-state index contributed by atoms with van der Waals surface area (Å²) >= 11 is 5.86. The van der Waals surface area contributed by atoms with E-state index in [-0.39, 0.29) is 31.1 Å². The van der Waals surface area contributed by atoms with Gasteiger partial charge in [0.05, 0.1) is 23.4 Å². The summed E-state index contributed by atoms with van der Waals surface area (Å²) in [4.78, 5) is 16.1. The molecule has 0 bridgehead atoms. The SMILES string of the molecule is Cn1ccnc1COCC(=O)N[C@@H]1CC(Cn2cc(Cl)cn2)C[C@H]1O. The Hall–Kier alpha value is -1.90. The number of carbonyl (C=O) groups is 1. The van der Waals surface area contributed by atoms with Crippen LogP contribution in [0.1, 0.15) is 18.7 Å². The lowest BCUT2D eigenvalue weighted by molar-refractivity contribution is -0.127. The third-order valence-corrected chi connectivity index (χ3v) is 4.60. The van der Waals surface area contributed by atoms with Crippen LogP contribution in [0.3, 0.4) is 0 Å². The normalized spacial score (nSPS) is 23.1. The number of halogens is 1. The zero-order valence-electron chi connectivity index (χ0n) is 14.0. The molecule has 1 amide bonds. The molecule has 1 saturated carbocycles. The van der Waals surface area contributed by atoms with Crippen molar-refractivity contribution >= 4 is 17.5 Å². The number of hydrogen-bond donors (Lipinski definition) is 2. The molecule has 1 aliphatic carbocycles. The highest BCUT2D eigenvalue weighted by Gasteiger charge is 2.34. The van der Waals surface area contributed by atoms with E-state index in [0.29, 0.717) is 24.4 Å². The van der Waals surface area contributed by atoms with E-state index in [1.165, 1.54) is 0 Å². The summed E-state index contributed by atoms with van der Waals surface area (Å²) in [5.41, 5.74) is 0.